The van der Waals surface area contributed by atoms with E-state index in [1.165, 1.54) is 16.7 Å². The van der Waals surface area contributed by atoms with Crippen molar-refractivity contribution < 1.29 is 4.79 Å². The highest BCUT2D eigenvalue weighted by Gasteiger charge is 2.29. The normalized spacial score (nSPS) is 17.5. The van der Waals surface area contributed by atoms with Crippen molar-refractivity contribution in [3.63, 3.8) is 0 Å². The molecule has 3 rings (SSSR count). The van der Waals surface area contributed by atoms with Gasteiger partial charge in [0.1, 0.15) is 0 Å². The molecule has 1 heterocycles. The Labute approximate surface area is 146 Å². The van der Waals surface area contributed by atoms with E-state index in [2.05, 4.69) is 64.2 Å². The third kappa shape index (κ3) is 4.03. The van der Waals surface area contributed by atoms with Crippen LogP contribution in [0.4, 0.5) is 0 Å². The van der Waals surface area contributed by atoms with Crippen molar-refractivity contribution >= 4 is 21.8 Å². The highest BCUT2D eigenvalue weighted by molar-refractivity contribution is 9.10. The Hall–Kier alpha value is -1.61. The third-order valence-electron chi connectivity index (χ3n) is 4.55. The molecule has 1 aliphatic heterocycles. The minimum atomic E-state index is 0.234. The molecular weight excluding hydrogens is 350 g/mol. The summed E-state index contributed by atoms with van der Waals surface area (Å²) in [4.78, 5) is 14.7. The highest BCUT2D eigenvalue weighted by atomic mass is 79.9. The molecule has 1 aliphatic rings. The van der Waals surface area contributed by atoms with E-state index in [1.807, 2.05) is 12.1 Å². The van der Waals surface area contributed by atoms with Gasteiger partial charge in [-0.15, -0.1) is 0 Å². The summed E-state index contributed by atoms with van der Waals surface area (Å²) in [5.41, 5.74) is 3.73. The molecule has 0 aromatic heterocycles. The molecule has 1 fully saturated rings. The number of likely N-dealkylation sites (tertiary alicyclic amines) is 1. The van der Waals surface area contributed by atoms with E-state index in [-0.39, 0.29) is 11.9 Å². The van der Waals surface area contributed by atoms with E-state index in [9.17, 15) is 4.79 Å². The van der Waals surface area contributed by atoms with Crippen LogP contribution in [0.5, 0.6) is 0 Å². The number of benzene rings is 2. The number of hydrogen-bond donors (Lipinski definition) is 0. The first kappa shape index (κ1) is 16.3. The second kappa shape index (κ2) is 7.31. The predicted octanol–water partition coefficient (Wildman–Crippen LogP) is 5.05. The number of aryl methyl sites for hydroxylation is 2. The lowest BCUT2D eigenvalue weighted by Gasteiger charge is -2.25. The molecule has 1 amide bonds. The van der Waals surface area contributed by atoms with Crippen molar-refractivity contribution in [3.8, 4) is 0 Å². The number of halogens is 1. The Bertz CT molecular complexity index is 680. The molecule has 0 spiro atoms. The van der Waals surface area contributed by atoms with Gasteiger partial charge < -0.3 is 4.90 Å². The van der Waals surface area contributed by atoms with Crippen LogP contribution in [-0.2, 0) is 11.2 Å². The molecule has 0 radical (unpaired) electrons. The fourth-order valence-electron chi connectivity index (χ4n) is 3.28. The molecule has 0 N–H and O–H groups in total. The second-order valence-electron chi connectivity index (χ2n) is 6.29. The molecule has 0 saturated carbocycles. The summed E-state index contributed by atoms with van der Waals surface area (Å²) in [5.74, 6) is 0.271. The summed E-state index contributed by atoms with van der Waals surface area (Å²) in [6.45, 7) is 2.96. The summed E-state index contributed by atoms with van der Waals surface area (Å²) in [6.07, 6.45) is 3.56. The van der Waals surface area contributed by atoms with Gasteiger partial charge in [-0.25, -0.2) is 0 Å². The zero-order chi connectivity index (χ0) is 16.2. The maximum Gasteiger partial charge on any atom is 0.223 e. The van der Waals surface area contributed by atoms with Crippen LogP contribution in [0.25, 0.3) is 0 Å². The Balaban J connectivity index is 1.65. The summed E-state index contributed by atoms with van der Waals surface area (Å²) >= 11 is 3.53. The van der Waals surface area contributed by atoms with Gasteiger partial charge in [-0.05, 0) is 49.4 Å². The maximum absolute atomic E-state index is 12.7. The van der Waals surface area contributed by atoms with E-state index < -0.39 is 0 Å². The van der Waals surface area contributed by atoms with Gasteiger partial charge in [0.25, 0.3) is 0 Å². The van der Waals surface area contributed by atoms with Crippen molar-refractivity contribution in [1.29, 1.82) is 0 Å². The summed E-state index contributed by atoms with van der Waals surface area (Å²) in [7, 11) is 0. The Morgan fingerprint density at radius 2 is 2.00 bits per heavy atom. The smallest absolute Gasteiger partial charge is 0.223 e. The van der Waals surface area contributed by atoms with Gasteiger partial charge in [-0.1, -0.05) is 57.9 Å². The van der Waals surface area contributed by atoms with Gasteiger partial charge >= 0.3 is 0 Å². The molecule has 2 aromatic carbocycles. The molecular formula is C20H22BrNO. The third-order valence-corrected chi connectivity index (χ3v) is 5.05. The Kier molecular flexibility index (Phi) is 5.16. The van der Waals surface area contributed by atoms with E-state index in [4.69, 9.17) is 0 Å². The molecule has 2 nitrogen and oxygen atoms in total. The molecule has 1 unspecified atom stereocenters. The predicted molar refractivity (Wildman–Crippen MR) is 97.3 cm³/mol. The minimum Gasteiger partial charge on any atom is -0.336 e. The lowest BCUT2D eigenvalue weighted by molar-refractivity contribution is -0.132. The van der Waals surface area contributed by atoms with Gasteiger partial charge in [0.05, 0.1) is 6.04 Å². The van der Waals surface area contributed by atoms with Gasteiger partial charge in [0.2, 0.25) is 5.91 Å². The van der Waals surface area contributed by atoms with Crippen molar-refractivity contribution in [1.82, 2.24) is 4.90 Å². The van der Waals surface area contributed by atoms with Crippen molar-refractivity contribution in [2.45, 2.75) is 38.6 Å². The fraction of sp³-hybridized carbons (Fsp3) is 0.350. The summed E-state index contributed by atoms with van der Waals surface area (Å²) in [5, 5.41) is 0. The van der Waals surface area contributed by atoms with E-state index in [1.54, 1.807) is 0 Å². The van der Waals surface area contributed by atoms with Gasteiger partial charge in [-0.2, -0.15) is 0 Å². The van der Waals surface area contributed by atoms with E-state index in [0.717, 1.165) is 30.3 Å². The van der Waals surface area contributed by atoms with Gasteiger partial charge in [-0.3, -0.25) is 4.79 Å². The minimum absolute atomic E-state index is 0.234. The maximum atomic E-state index is 12.7. The molecule has 120 valence electrons. The zero-order valence-electron chi connectivity index (χ0n) is 13.5. The monoisotopic (exact) mass is 371 g/mol. The number of rotatable bonds is 4. The molecule has 3 heteroatoms. The molecule has 0 aliphatic carbocycles. The number of carbonyl (C=O) groups excluding carboxylic acids is 1. The van der Waals surface area contributed by atoms with Crippen LogP contribution in [0.15, 0.2) is 53.0 Å². The summed E-state index contributed by atoms with van der Waals surface area (Å²) < 4.78 is 1.08. The van der Waals surface area contributed by atoms with Crippen LogP contribution in [0.1, 0.15) is 42.0 Å². The molecule has 1 atom stereocenters. The zero-order valence-corrected chi connectivity index (χ0v) is 15.1. The quantitative estimate of drug-likeness (QED) is 0.735. The number of nitrogens with zero attached hydrogens (tertiary/aromatic N) is 1. The SMILES string of the molecule is Cc1ccc(CCC(=O)N2CCCC2c2cccc(Br)c2)cc1. The molecule has 1 saturated heterocycles. The van der Waals surface area contributed by atoms with Gasteiger partial charge in [0, 0.05) is 17.4 Å². The van der Waals surface area contributed by atoms with Crippen molar-refractivity contribution in [2.24, 2.45) is 0 Å². The van der Waals surface area contributed by atoms with Crippen LogP contribution in [-0.4, -0.2) is 17.4 Å². The van der Waals surface area contributed by atoms with Crippen LogP contribution in [0, 0.1) is 6.92 Å². The van der Waals surface area contributed by atoms with Crippen molar-refractivity contribution in [2.75, 3.05) is 6.54 Å². The first-order valence-corrected chi connectivity index (χ1v) is 9.03. The van der Waals surface area contributed by atoms with E-state index >= 15 is 0 Å². The van der Waals surface area contributed by atoms with Gasteiger partial charge in [0.15, 0.2) is 0 Å². The average Bonchev–Trinajstić information content (AvgIpc) is 3.04. The first-order chi connectivity index (χ1) is 11.1. The van der Waals surface area contributed by atoms with Crippen LogP contribution in [0.2, 0.25) is 0 Å². The lowest BCUT2D eigenvalue weighted by atomic mass is 10.0. The number of carbonyl (C=O) groups is 1. The Morgan fingerprint density at radius 3 is 2.74 bits per heavy atom. The molecule has 23 heavy (non-hydrogen) atoms. The number of hydrogen-bond acceptors (Lipinski definition) is 1. The van der Waals surface area contributed by atoms with Crippen molar-refractivity contribution in [3.05, 3.63) is 69.7 Å². The van der Waals surface area contributed by atoms with Crippen LogP contribution in [0.3, 0.4) is 0 Å². The van der Waals surface area contributed by atoms with Crippen LogP contribution < -0.4 is 0 Å². The lowest BCUT2D eigenvalue weighted by Crippen LogP contribution is -2.30. The molecule has 0 bridgehead atoms. The average molecular weight is 372 g/mol. The standard InChI is InChI=1S/C20H22BrNO/c1-15-7-9-16(10-8-15)11-12-20(23)22-13-3-6-19(22)17-4-2-5-18(21)14-17/h2,4-5,7-10,14,19H,3,6,11-13H2,1H3. The first-order valence-electron chi connectivity index (χ1n) is 8.24. The largest absolute Gasteiger partial charge is 0.336 e. The number of amides is 1. The van der Waals surface area contributed by atoms with E-state index in [0.29, 0.717) is 6.42 Å². The van der Waals surface area contributed by atoms with Crippen LogP contribution >= 0.6 is 15.9 Å². The fourth-order valence-corrected chi connectivity index (χ4v) is 3.69. The topological polar surface area (TPSA) is 20.3 Å². The molecule has 2 aromatic rings. The summed E-state index contributed by atoms with van der Waals surface area (Å²) in [6, 6.07) is 17.0. The highest BCUT2D eigenvalue weighted by Crippen LogP contribution is 2.33. The Morgan fingerprint density at radius 1 is 1.22 bits per heavy atom. The second-order valence-corrected chi connectivity index (χ2v) is 7.20.